The molecule has 0 aliphatic carbocycles. The Hall–Kier alpha value is -4.04. The van der Waals surface area contributed by atoms with Gasteiger partial charge in [-0.15, -0.1) is 0 Å². The summed E-state index contributed by atoms with van der Waals surface area (Å²) < 4.78 is 37.6. The van der Waals surface area contributed by atoms with Gasteiger partial charge in [0.15, 0.2) is 5.75 Å². The van der Waals surface area contributed by atoms with Gasteiger partial charge in [0.05, 0.1) is 31.3 Å². The minimum Gasteiger partial charge on any atom is -0.497 e. The van der Waals surface area contributed by atoms with Gasteiger partial charge in [0.2, 0.25) is 15.7 Å². The Labute approximate surface area is 204 Å². The summed E-state index contributed by atoms with van der Waals surface area (Å²) >= 11 is 0. The SMILES string of the molecule is COc1cc(NCC(=O)Nc2cccc3ccccc23)c(OC)c(S(=O)(=O)c2ccc(C)cc2)c1. The Kier molecular flexibility index (Phi) is 6.93. The van der Waals surface area contributed by atoms with Crippen LogP contribution in [0, 0.1) is 6.92 Å². The molecule has 4 aromatic rings. The van der Waals surface area contributed by atoms with Crippen LogP contribution in [0.25, 0.3) is 10.8 Å². The van der Waals surface area contributed by atoms with Gasteiger partial charge in [-0.2, -0.15) is 0 Å². The molecule has 180 valence electrons. The second-order valence-corrected chi connectivity index (χ2v) is 9.87. The number of amides is 1. The van der Waals surface area contributed by atoms with E-state index < -0.39 is 9.84 Å². The van der Waals surface area contributed by atoms with E-state index in [1.807, 2.05) is 49.4 Å². The van der Waals surface area contributed by atoms with Gasteiger partial charge in [-0.05, 0) is 30.5 Å². The molecule has 0 saturated carbocycles. The molecule has 0 fully saturated rings. The first-order chi connectivity index (χ1) is 16.8. The van der Waals surface area contributed by atoms with Gasteiger partial charge in [-0.25, -0.2) is 8.42 Å². The topological polar surface area (TPSA) is 93.7 Å². The molecular weight excluding hydrogens is 464 g/mol. The highest BCUT2D eigenvalue weighted by molar-refractivity contribution is 7.91. The predicted molar refractivity (Wildman–Crippen MR) is 137 cm³/mol. The maximum absolute atomic E-state index is 13.4. The smallest absolute Gasteiger partial charge is 0.243 e. The molecule has 1 amide bonds. The lowest BCUT2D eigenvalue weighted by molar-refractivity contribution is -0.114. The third-order valence-corrected chi connectivity index (χ3v) is 7.37. The van der Waals surface area contributed by atoms with Crippen LogP contribution >= 0.6 is 0 Å². The third kappa shape index (κ3) is 5.07. The van der Waals surface area contributed by atoms with E-state index in [4.69, 9.17) is 9.47 Å². The monoisotopic (exact) mass is 490 g/mol. The number of rotatable bonds is 8. The van der Waals surface area contributed by atoms with Crippen LogP contribution in [0.15, 0.2) is 88.7 Å². The van der Waals surface area contributed by atoms with Crippen LogP contribution in [0.4, 0.5) is 11.4 Å². The fourth-order valence-corrected chi connectivity index (χ4v) is 5.24. The number of aryl methyl sites for hydroxylation is 1. The number of methoxy groups -OCH3 is 2. The van der Waals surface area contributed by atoms with Crippen LogP contribution in [-0.4, -0.2) is 35.1 Å². The zero-order valence-electron chi connectivity index (χ0n) is 19.7. The Morgan fingerprint density at radius 1 is 0.857 bits per heavy atom. The number of anilines is 2. The first-order valence-corrected chi connectivity index (χ1v) is 12.4. The number of nitrogens with one attached hydrogen (secondary N) is 2. The van der Waals surface area contributed by atoms with Gasteiger partial charge in [0.1, 0.15) is 10.6 Å². The van der Waals surface area contributed by atoms with Gasteiger partial charge in [0, 0.05) is 23.2 Å². The van der Waals surface area contributed by atoms with E-state index >= 15 is 0 Å². The van der Waals surface area contributed by atoms with Crippen LogP contribution < -0.4 is 20.1 Å². The quantitative estimate of drug-likeness (QED) is 0.359. The average molecular weight is 491 g/mol. The number of sulfone groups is 1. The molecule has 0 radical (unpaired) electrons. The minimum atomic E-state index is -3.91. The summed E-state index contributed by atoms with van der Waals surface area (Å²) in [6, 6.07) is 23.0. The first kappa shape index (κ1) is 24.1. The maximum Gasteiger partial charge on any atom is 0.243 e. The number of hydrogen-bond acceptors (Lipinski definition) is 6. The predicted octanol–water partition coefficient (Wildman–Crippen LogP) is 5.05. The molecule has 0 aliphatic rings. The van der Waals surface area contributed by atoms with Gasteiger partial charge >= 0.3 is 0 Å². The summed E-state index contributed by atoms with van der Waals surface area (Å²) in [7, 11) is -1.08. The number of hydrogen-bond donors (Lipinski definition) is 2. The summed E-state index contributed by atoms with van der Waals surface area (Å²) in [5, 5.41) is 7.84. The van der Waals surface area contributed by atoms with Gasteiger partial charge in [0.25, 0.3) is 0 Å². The van der Waals surface area contributed by atoms with E-state index in [2.05, 4.69) is 10.6 Å². The minimum absolute atomic E-state index is 0.0554. The Morgan fingerprint density at radius 3 is 2.29 bits per heavy atom. The molecule has 0 spiro atoms. The molecule has 0 bridgehead atoms. The lowest BCUT2D eigenvalue weighted by Crippen LogP contribution is -2.22. The molecule has 0 unspecified atom stereocenters. The second-order valence-electron chi connectivity index (χ2n) is 7.95. The summed E-state index contributed by atoms with van der Waals surface area (Å²) in [5.74, 6) is 0.118. The van der Waals surface area contributed by atoms with Crippen LogP contribution in [0.1, 0.15) is 5.56 Å². The second kappa shape index (κ2) is 10.1. The molecule has 4 rings (SSSR count). The van der Waals surface area contributed by atoms with Crippen molar-refractivity contribution >= 4 is 37.9 Å². The van der Waals surface area contributed by atoms with Crippen molar-refractivity contribution in [2.45, 2.75) is 16.7 Å². The average Bonchev–Trinajstić information content (AvgIpc) is 2.87. The van der Waals surface area contributed by atoms with Crippen molar-refractivity contribution in [2.75, 3.05) is 31.4 Å². The molecule has 8 heteroatoms. The molecular formula is C27H26N2O5S. The number of benzene rings is 4. The van der Waals surface area contributed by atoms with E-state index in [1.165, 1.54) is 20.3 Å². The van der Waals surface area contributed by atoms with E-state index in [-0.39, 0.29) is 28.0 Å². The van der Waals surface area contributed by atoms with E-state index in [1.54, 1.807) is 30.3 Å². The van der Waals surface area contributed by atoms with E-state index in [9.17, 15) is 13.2 Å². The van der Waals surface area contributed by atoms with Crippen molar-refractivity contribution in [2.24, 2.45) is 0 Å². The highest BCUT2D eigenvalue weighted by Gasteiger charge is 2.26. The summed E-state index contributed by atoms with van der Waals surface area (Å²) in [4.78, 5) is 12.8. The molecule has 0 atom stereocenters. The van der Waals surface area contributed by atoms with Crippen molar-refractivity contribution in [1.29, 1.82) is 0 Å². The van der Waals surface area contributed by atoms with Crippen LogP contribution in [-0.2, 0) is 14.6 Å². The van der Waals surface area contributed by atoms with Crippen molar-refractivity contribution in [3.05, 3.63) is 84.4 Å². The van der Waals surface area contributed by atoms with Crippen LogP contribution in [0.2, 0.25) is 0 Å². The molecule has 0 heterocycles. The van der Waals surface area contributed by atoms with Crippen molar-refractivity contribution < 1.29 is 22.7 Å². The fourth-order valence-electron chi connectivity index (χ4n) is 3.78. The number of fused-ring (bicyclic) bond motifs is 1. The molecule has 0 aromatic heterocycles. The van der Waals surface area contributed by atoms with Crippen molar-refractivity contribution in [3.8, 4) is 11.5 Å². The third-order valence-electron chi connectivity index (χ3n) is 5.59. The number of carbonyl (C=O) groups is 1. The zero-order chi connectivity index (χ0) is 25.0. The van der Waals surface area contributed by atoms with Gasteiger partial charge < -0.3 is 20.1 Å². The maximum atomic E-state index is 13.4. The molecule has 0 saturated heterocycles. The largest absolute Gasteiger partial charge is 0.497 e. The Morgan fingerprint density at radius 2 is 1.57 bits per heavy atom. The molecule has 2 N–H and O–H groups in total. The Balaban J connectivity index is 1.62. The van der Waals surface area contributed by atoms with Gasteiger partial charge in [-0.1, -0.05) is 54.1 Å². The molecule has 7 nitrogen and oxygen atoms in total. The normalized spacial score (nSPS) is 11.2. The van der Waals surface area contributed by atoms with E-state index in [0.717, 1.165) is 16.3 Å². The fraction of sp³-hybridized carbons (Fsp3) is 0.148. The summed E-state index contributed by atoms with van der Waals surface area (Å²) in [6.45, 7) is 1.77. The van der Waals surface area contributed by atoms with Crippen LogP contribution in [0.3, 0.4) is 0 Å². The van der Waals surface area contributed by atoms with Gasteiger partial charge in [-0.3, -0.25) is 4.79 Å². The summed E-state index contributed by atoms with van der Waals surface area (Å²) in [5.41, 5.74) is 1.96. The number of ether oxygens (including phenoxy) is 2. The molecule has 0 aliphatic heterocycles. The summed E-state index contributed by atoms with van der Waals surface area (Å²) in [6.07, 6.45) is 0. The van der Waals surface area contributed by atoms with Crippen molar-refractivity contribution in [3.63, 3.8) is 0 Å². The lowest BCUT2D eigenvalue weighted by Gasteiger charge is -2.17. The molecule has 35 heavy (non-hydrogen) atoms. The molecule has 4 aromatic carbocycles. The lowest BCUT2D eigenvalue weighted by atomic mass is 10.1. The number of carbonyl (C=O) groups excluding carboxylic acids is 1. The Bertz CT molecular complexity index is 1480. The van der Waals surface area contributed by atoms with Crippen LogP contribution in [0.5, 0.6) is 11.5 Å². The van der Waals surface area contributed by atoms with Crippen molar-refractivity contribution in [1.82, 2.24) is 0 Å². The highest BCUT2D eigenvalue weighted by Crippen LogP contribution is 2.39. The standard InChI is InChI=1S/C27H26N2O5S/c1-18-11-13-21(14-12-18)35(31,32)25-16-20(33-2)15-24(27(25)34-3)28-17-26(30)29-23-10-6-8-19-7-4-5-9-22(19)23/h4-16,28H,17H2,1-3H3,(H,29,30). The first-order valence-electron chi connectivity index (χ1n) is 10.9. The zero-order valence-corrected chi connectivity index (χ0v) is 20.5. The highest BCUT2D eigenvalue weighted by atomic mass is 32.2. The van der Waals surface area contributed by atoms with E-state index in [0.29, 0.717) is 17.1 Å².